The van der Waals surface area contributed by atoms with Crippen molar-refractivity contribution in [3.05, 3.63) is 53.6 Å². The SMILES string of the molecule is Cc1ccc(NS(=O)(=O)C2CC2)cc1S(=O)(=O)Nc1cccc(C(F)(F)F)c1. The molecule has 0 saturated heterocycles. The second-order valence-corrected chi connectivity index (χ2v) is 10.1. The molecule has 1 aliphatic rings. The van der Waals surface area contributed by atoms with E-state index in [4.69, 9.17) is 0 Å². The maximum Gasteiger partial charge on any atom is 0.416 e. The predicted octanol–water partition coefficient (Wildman–Crippen LogP) is 3.72. The van der Waals surface area contributed by atoms with Crippen LogP contribution in [0, 0.1) is 6.92 Å². The first-order chi connectivity index (χ1) is 12.9. The van der Waals surface area contributed by atoms with Gasteiger partial charge in [-0.2, -0.15) is 13.2 Å². The van der Waals surface area contributed by atoms with E-state index in [-0.39, 0.29) is 16.3 Å². The molecular weight excluding hydrogens is 417 g/mol. The number of alkyl halides is 3. The standard InChI is InChI=1S/C17H17F3N2O4S2/c1-11-5-6-14(21-27(23,24)15-7-8-15)10-16(11)28(25,26)22-13-4-2-3-12(9-13)17(18,19)20/h2-6,9-10,15,21-22H,7-8H2,1H3. The van der Waals surface area contributed by atoms with Crippen LogP contribution in [0.3, 0.4) is 0 Å². The normalized spacial score (nSPS) is 15.3. The van der Waals surface area contributed by atoms with Crippen LogP contribution in [0.15, 0.2) is 47.4 Å². The third-order valence-corrected chi connectivity index (χ3v) is 7.54. The van der Waals surface area contributed by atoms with E-state index in [1.54, 1.807) is 0 Å². The molecule has 0 aliphatic heterocycles. The van der Waals surface area contributed by atoms with Crippen LogP contribution in [0.4, 0.5) is 24.5 Å². The minimum atomic E-state index is -4.61. The van der Waals surface area contributed by atoms with Crippen molar-refractivity contribution in [2.24, 2.45) is 0 Å². The van der Waals surface area contributed by atoms with Crippen LogP contribution >= 0.6 is 0 Å². The van der Waals surface area contributed by atoms with Gasteiger partial charge in [0.25, 0.3) is 10.0 Å². The number of benzene rings is 2. The van der Waals surface area contributed by atoms with Gasteiger partial charge < -0.3 is 0 Å². The fourth-order valence-electron chi connectivity index (χ4n) is 2.55. The Bertz CT molecular complexity index is 1110. The predicted molar refractivity (Wildman–Crippen MR) is 99.0 cm³/mol. The minimum absolute atomic E-state index is 0.0712. The van der Waals surface area contributed by atoms with Gasteiger partial charge in [-0.3, -0.25) is 9.44 Å². The van der Waals surface area contributed by atoms with Crippen LogP contribution in [0.2, 0.25) is 0 Å². The van der Waals surface area contributed by atoms with Crippen LogP contribution < -0.4 is 9.44 Å². The van der Waals surface area contributed by atoms with Crippen LogP contribution in [0.1, 0.15) is 24.0 Å². The Hall–Kier alpha value is -2.27. The summed E-state index contributed by atoms with van der Waals surface area (Å²) >= 11 is 0. The number of rotatable bonds is 6. The molecule has 28 heavy (non-hydrogen) atoms. The van der Waals surface area contributed by atoms with E-state index in [2.05, 4.69) is 9.44 Å². The Kier molecular flexibility index (Phi) is 5.09. The summed E-state index contributed by atoms with van der Waals surface area (Å²) in [7, 11) is -7.83. The number of halogens is 3. The fraction of sp³-hybridized carbons (Fsp3) is 0.294. The van der Waals surface area contributed by atoms with E-state index < -0.39 is 37.0 Å². The molecular formula is C17H17F3N2O4S2. The molecule has 2 N–H and O–H groups in total. The quantitative estimate of drug-likeness (QED) is 0.725. The van der Waals surface area contributed by atoms with Gasteiger partial charge in [0.05, 0.1) is 15.7 Å². The van der Waals surface area contributed by atoms with Crippen molar-refractivity contribution in [1.82, 2.24) is 0 Å². The summed E-state index contributed by atoms with van der Waals surface area (Å²) in [4.78, 5) is -0.235. The molecule has 1 saturated carbocycles. The first-order valence-corrected chi connectivity index (χ1v) is 11.2. The highest BCUT2D eigenvalue weighted by atomic mass is 32.2. The number of hydrogen-bond donors (Lipinski definition) is 2. The lowest BCUT2D eigenvalue weighted by Crippen LogP contribution is -2.19. The van der Waals surface area contributed by atoms with Gasteiger partial charge in [-0.05, 0) is 55.7 Å². The fourth-order valence-corrected chi connectivity index (χ4v) is 5.25. The van der Waals surface area contributed by atoms with Gasteiger partial charge in [0.1, 0.15) is 0 Å². The van der Waals surface area contributed by atoms with E-state index in [0.717, 1.165) is 18.2 Å². The molecule has 0 amide bonds. The summed E-state index contributed by atoms with van der Waals surface area (Å²) in [6.07, 6.45) is -3.52. The third kappa shape index (κ3) is 4.58. The van der Waals surface area contributed by atoms with E-state index in [1.165, 1.54) is 25.1 Å². The lowest BCUT2D eigenvalue weighted by atomic mass is 10.2. The molecule has 2 aromatic rings. The molecule has 0 spiro atoms. The average molecular weight is 434 g/mol. The molecule has 11 heteroatoms. The summed E-state index contributed by atoms with van der Waals surface area (Å²) in [5.74, 6) is 0. The van der Waals surface area contributed by atoms with Crippen LogP contribution in [0.5, 0.6) is 0 Å². The molecule has 6 nitrogen and oxygen atoms in total. The van der Waals surface area contributed by atoms with Crippen molar-refractivity contribution >= 4 is 31.4 Å². The monoisotopic (exact) mass is 434 g/mol. The largest absolute Gasteiger partial charge is 0.416 e. The second kappa shape index (κ2) is 6.96. The molecule has 0 heterocycles. The Morgan fingerprint density at radius 3 is 2.18 bits per heavy atom. The van der Waals surface area contributed by atoms with Crippen molar-refractivity contribution in [1.29, 1.82) is 0 Å². The van der Waals surface area contributed by atoms with Gasteiger partial charge in [-0.15, -0.1) is 0 Å². The van der Waals surface area contributed by atoms with Gasteiger partial charge in [-0.25, -0.2) is 16.8 Å². The van der Waals surface area contributed by atoms with Crippen LogP contribution in [-0.4, -0.2) is 22.1 Å². The highest BCUT2D eigenvalue weighted by Crippen LogP contribution is 2.32. The van der Waals surface area contributed by atoms with E-state index in [9.17, 15) is 30.0 Å². The highest BCUT2D eigenvalue weighted by Gasteiger charge is 2.36. The maximum absolute atomic E-state index is 12.8. The molecule has 1 aliphatic carbocycles. The first kappa shape index (κ1) is 20.5. The third-order valence-electron chi connectivity index (χ3n) is 4.14. The Balaban J connectivity index is 1.90. The smallest absolute Gasteiger partial charge is 0.283 e. The zero-order chi connectivity index (χ0) is 20.7. The zero-order valence-corrected chi connectivity index (χ0v) is 16.2. The molecule has 0 aromatic heterocycles. The maximum atomic E-state index is 12.8. The Morgan fingerprint density at radius 1 is 0.929 bits per heavy atom. The van der Waals surface area contributed by atoms with Gasteiger partial charge in [-0.1, -0.05) is 12.1 Å². The summed E-state index contributed by atoms with van der Waals surface area (Å²) in [6, 6.07) is 7.80. The molecule has 0 atom stereocenters. The molecule has 0 bridgehead atoms. The summed E-state index contributed by atoms with van der Waals surface area (Å²) in [5.41, 5.74) is -0.857. The number of aryl methyl sites for hydroxylation is 1. The van der Waals surface area contributed by atoms with Gasteiger partial charge in [0.2, 0.25) is 10.0 Å². The van der Waals surface area contributed by atoms with E-state index >= 15 is 0 Å². The summed E-state index contributed by atoms with van der Waals surface area (Å²) < 4.78 is 92.4. The number of anilines is 2. The van der Waals surface area contributed by atoms with Crippen molar-refractivity contribution < 1.29 is 30.0 Å². The number of nitrogens with one attached hydrogen (secondary N) is 2. The molecule has 0 unspecified atom stereocenters. The number of hydrogen-bond acceptors (Lipinski definition) is 4. The van der Waals surface area contributed by atoms with E-state index in [0.29, 0.717) is 24.5 Å². The Labute approximate surface area is 160 Å². The van der Waals surface area contributed by atoms with Gasteiger partial charge in [0, 0.05) is 11.4 Å². The lowest BCUT2D eigenvalue weighted by molar-refractivity contribution is -0.137. The summed E-state index contributed by atoms with van der Waals surface area (Å²) in [5, 5.41) is -0.489. The second-order valence-electron chi connectivity index (χ2n) is 6.51. The summed E-state index contributed by atoms with van der Waals surface area (Å²) in [6.45, 7) is 1.50. The van der Waals surface area contributed by atoms with Gasteiger partial charge >= 0.3 is 6.18 Å². The van der Waals surface area contributed by atoms with Crippen molar-refractivity contribution in [3.63, 3.8) is 0 Å². The van der Waals surface area contributed by atoms with Crippen molar-refractivity contribution in [2.75, 3.05) is 9.44 Å². The molecule has 2 aromatic carbocycles. The van der Waals surface area contributed by atoms with Crippen molar-refractivity contribution in [2.45, 2.75) is 36.1 Å². The van der Waals surface area contributed by atoms with E-state index in [1.807, 2.05) is 0 Å². The molecule has 1 fully saturated rings. The first-order valence-electron chi connectivity index (χ1n) is 8.21. The van der Waals surface area contributed by atoms with Crippen LogP contribution in [0.25, 0.3) is 0 Å². The molecule has 3 rings (SSSR count). The Morgan fingerprint density at radius 2 is 1.57 bits per heavy atom. The average Bonchev–Trinajstić information content (AvgIpc) is 3.41. The van der Waals surface area contributed by atoms with Gasteiger partial charge in [0.15, 0.2) is 0 Å². The minimum Gasteiger partial charge on any atom is -0.283 e. The zero-order valence-electron chi connectivity index (χ0n) is 14.6. The molecule has 0 radical (unpaired) electrons. The van der Waals surface area contributed by atoms with Crippen molar-refractivity contribution in [3.8, 4) is 0 Å². The topological polar surface area (TPSA) is 92.3 Å². The highest BCUT2D eigenvalue weighted by molar-refractivity contribution is 7.93. The molecule has 152 valence electrons. The lowest BCUT2D eigenvalue weighted by Gasteiger charge is -2.14. The van der Waals surface area contributed by atoms with Crippen LogP contribution in [-0.2, 0) is 26.2 Å². The number of sulfonamides is 2.